The fourth-order valence-corrected chi connectivity index (χ4v) is 3.48. The van der Waals surface area contributed by atoms with Crippen molar-refractivity contribution >= 4 is 17.7 Å². The fourth-order valence-electron chi connectivity index (χ4n) is 3.33. The van der Waals surface area contributed by atoms with Crippen LogP contribution < -0.4 is 4.74 Å². The molecule has 28 heavy (non-hydrogen) atoms. The summed E-state index contributed by atoms with van der Waals surface area (Å²) < 4.78 is 11.6. The lowest BCUT2D eigenvalue weighted by Gasteiger charge is -2.33. The summed E-state index contributed by atoms with van der Waals surface area (Å²) >= 11 is 6.17. The summed E-state index contributed by atoms with van der Waals surface area (Å²) in [5.41, 5.74) is 0.455. The van der Waals surface area contributed by atoms with E-state index in [2.05, 4.69) is 30.9 Å². The van der Waals surface area contributed by atoms with Gasteiger partial charge >= 0.3 is 6.09 Å². The third-order valence-corrected chi connectivity index (χ3v) is 5.22. The van der Waals surface area contributed by atoms with E-state index in [0.717, 1.165) is 30.7 Å². The Hall–Kier alpha value is -1.53. The lowest BCUT2D eigenvalue weighted by molar-refractivity contribution is 0.0203. The number of pyridine rings is 1. The van der Waals surface area contributed by atoms with E-state index in [4.69, 9.17) is 21.1 Å². The highest BCUT2D eigenvalue weighted by Crippen LogP contribution is 2.34. The van der Waals surface area contributed by atoms with Crippen LogP contribution in [0.15, 0.2) is 12.3 Å². The number of amides is 1. The molecular formula is C21H34ClN3O3. The molecule has 1 amide bonds. The van der Waals surface area contributed by atoms with Gasteiger partial charge in [0.15, 0.2) is 0 Å². The number of likely N-dealkylation sites (N-methyl/N-ethyl adjacent to an activating group) is 1. The second kappa shape index (κ2) is 9.79. The lowest BCUT2D eigenvalue weighted by Crippen LogP contribution is -2.41. The molecule has 7 heteroatoms. The summed E-state index contributed by atoms with van der Waals surface area (Å²) in [4.78, 5) is 20.8. The zero-order chi connectivity index (χ0) is 20.9. The van der Waals surface area contributed by atoms with Crippen molar-refractivity contribution in [3.63, 3.8) is 0 Å². The van der Waals surface area contributed by atoms with Gasteiger partial charge in [0.1, 0.15) is 18.0 Å². The summed E-state index contributed by atoms with van der Waals surface area (Å²) in [6.07, 6.45) is 4.09. The fraction of sp³-hybridized carbons (Fsp3) is 0.714. The van der Waals surface area contributed by atoms with Crippen LogP contribution in [0.1, 0.15) is 58.6 Å². The first-order valence-electron chi connectivity index (χ1n) is 10.0. The van der Waals surface area contributed by atoms with Gasteiger partial charge in [-0.15, -0.1) is 0 Å². The topological polar surface area (TPSA) is 54.9 Å². The van der Waals surface area contributed by atoms with Crippen molar-refractivity contribution in [1.29, 1.82) is 0 Å². The SMILES string of the molecule is CC[C@H](COc1cc(Cl)cnc1C1CCN(C(=O)OC(C)(C)C)CC1)N(C)C. The van der Waals surface area contributed by atoms with Crippen LogP contribution in [-0.2, 0) is 4.74 Å². The molecule has 0 saturated carbocycles. The standard InChI is InChI=1S/C21H34ClN3O3/c1-7-17(24(5)6)14-27-18-12-16(22)13-23-19(18)15-8-10-25(11-9-15)20(26)28-21(2,3)4/h12-13,15,17H,7-11,14H2,1-6H3/t17-/m1/s1. The van der Waals surface area contributed by atoms with Crippen LogP contribution in [0.2, 0.25) is 5.02 Å². The van der Waals surface area contributed by atoms with Crippen LogP contribution in [0.5, 0.6) is 5.75 Å². The number of ether oxygens (including phenoxy) is 2. The number of nitrogens with zero attached hydrogens (tertiary/aromatic N) is 3. The molecule has 0 N–H and O–H groups in total. The first kappa shape index (κ1) is 22.8. The van der Waals surface area contributed by atoms with Crippen LogP contribution in [0.25, 0.3) is 0 Å². The van der Waals surface area contributed by atoms with Crippen molar-refractivity contribution in [2.24, 2.45) is 0 Å². The molecule has 0 bridgehead atoms. The molecule has 158 valence electrons. The molecule has 0 radical (unpaired) electrons. The van der Waals surface area contributed by atoms with Crippen LogP contribution in [0, 0.1) is 0 Å². The number of halogens is 1. The quantitative estimate of drug-likeness (QED) is 0.686. The number of carbonyl (C=O) groups excluding carboxylic acids is 1. The molecule has 1 aromatic rings. The normalized spacial score (nSPS) is 16.9. The van der Waals surface area contributed by atoms with E-state index in [1.165, 1.54) is 0 Å². The van der Waals surface area contributed by atoms with Crippen LogP contribution >= 0.6 is 11.6 Å². The molecule has 1 aliphatic rings. The van der Waals surface area contributed by atoms with Gasteiger partial charge in [0.05, 0.1) is 10.7 Å². The summed E-state index contributed by atoms with van der Waals surface area (Å²) in [6, 6.07) is 2.19. The number of aromatic nitrogens is 1. The van der Waals surface area contributed by atoms with E-state index in [9.17, 15) is 4.79 Å². The Balaban J connectivity index is 2.03. The van der Waals surface area contributed by atoms with Gasteiger partial charge < -0.3 is 19.3 Å². The highest BCUT2D eigenvalue weighted by atomic mass is 35.5. The van der Waals surface area contributed by atoms with Crippen LogP contribution in [-0.4, -0.2) is 66.3 Å². The first-order chi connectivity index (χ1) is 13.1. The van der Waals surface area contributed by atoms with Crippen molar-refractivity contribution in [3.8, 4) is 5.75 Å². The number of rotatable bonds is 6. The number of hydrogen-bond donors (Lipinski definition) is 0. The Labute approximate surface area is 174 Å². The van der Waals surface area contributed by atoms with Gasteiger partial charge in [-0.25, -0.2) is 4.79 Å². The molecule has 1 saturated heterocycles. The summed E-state index contributed by atoms with van der Waals surface area (Å²) in [7, 11) is 4.11. The minimum atomic E-state index is -0.477. The minimum Gasteiger partial charge on any atom is -0.490 e. The van der Waals surface area contributed by atoms with Gasteiger partial charge in [-0.2, -0.15) is 0 Å². The van der Waals surface area contributed by atoms with Crippen LogP contribution in [0.4, 0.5) is 4.79 Å². The smallest absolute Gasteiger partial charge is 0.410 e. The number of carbonyl (C=O) groups is 1. The minimum absolute atomic E-state index is 0.241. The summed E-state index contributed by atoms with van der Waals surface area (Å²) in [5.74, 6) is 0.994. The van der Waals surface area contributed by atoms with E-state index < -0.39 is 5.60 Å². The molecule has 0 spiro atoms. The number of hydrogen-bond acceptors (Lipinski definition) is 5. The second-order valence-electron chi connectivity index (χ2n) is 8.62. The molecule has 1 fully saturated rings. The summed E-state index contributed by atoms with van der Waals surface area (Å²) in [5, 5.41) is 0.572. The number of piperidine rings is 1. The van der Waals surface area contributed by atoms with E-state index in [-0.39, 0.29) is 12.0 Å². The molecule has 2 rings (SSSR count). The van der Waals surface area contributed by atoms with Crippen molar-refractivity contribution in [3.05, 3.63) is 23.0 Å². The first-order valence-corrected chi connectivity index (χ1v) is 10.4. The Kier molecular flexibility index (Phi) is 7.96. The van der Waals surface area contributed by atoms with Crippen molar-refractivity contribution in [1.82, 2.24) is 14.8 Å². The molecule has 2 heterocycles. The van der Waals surface area contributed by atoms with Gasteiger partial charge in [-0.05, 0) is 54.1 Å². The Bertz CT molecular complexity index is 653. The Morgan fingerprint density at radius 3 is 2.54 bits per heavy atom. The predicted octanol–water partition coefficient (Wildman–Crippen LogP) is 4.57. The van der Waals surface area contributed by atoms with Gasteiger partial charge in [0.2, 0.25) is 0 Å². The van der Waals surface area contributed by atoms with E-state index in [1.807, 2.05) is 26.8 Å². The zero-order valence-electron chi connectivity index (χ0n) is 18.0. The maximum atomic E-state index is 12.3. The molecule has 0 unspecified atom stereocenters. The second-order valence-corrected chi connectivity index (χ2v) is 9.05. The zero-order valence-corrected chi connectivity index (χ0v) is 18.8. The molecule has 1 aliphatic heterocycles. The molecule has 0 aliphatic carbocycles. The monoisotopic (exact) mass is 411 g/mol. The van der Waals surface area contributed by atoms with Crippen molar-refractivity contribution in [2.45, 2.75) is 64.5 Å². The predicted molar refractivity (Wildman–Crippen MR) is 112 cm³/mol. The largest absolute Gasteiger partial charge is 0.490 e. The average Bonchev–Trinajstić information content (AvgIpc) is 2.61. The summed E-state index contributed by atoms with van der Waals surface area (Å²) in [6.45, 7) is 9.70. The highest BCUT2D eigenvalue weighted by Gasteiger charge is 2.29. The van der Waals surface area contributed by atoms with E-state index in [1.54, 1.807) is 11.1 Å². The third-order valence-electron chi connectivity index (χ3n) is 5.01. The average molecular weight is 412 g/mol. The van der Waals surface area contributed by atoms with Gasteiger partial charge in [-0.1, -0.05) is 18.5 Å². The van der Waals surface area contributed by atoms with E-state index >= 15 is 0 Å². The molecule has 1 atom stereocenters. The molecule has 0 aromatic carbocycles. The molecule has 1 aromatic heterocycles. The Morgan fingerprint density at radius 1 is 1.36 bits per heavy atom. The van der Waals surface area contributed by atoms with Crippen LogP contribution in [0.3, 0.4) is 0 Å². The Morgan fingerprint density at radius 2 is 2.00 bits per heavy atom. The maximum Gasteiger partial charge on any atom is 0.410 e. The third kappa shape index (κ3) is 6.52. The van der Waals surface area contributed by atoms with Crippen molar-refractivity contribution in [2.75, 3.05) is 33.8 Å². The van der Waals surface area contributed by atoms with E-state index in [0.29, 0.717) is 30.8 Å². The maximum absolute atomic E-state index is 12.3. The van der Waals surface area contributed by atoms with Gasteiger partial charge in [0, 0.05) is 37.3 Å². The van der Waals surface area contributed by atoms with Gasteiger partial charge in [0.25, 0.3) is 0 Å². The molecule has 6 nitrogen and oxygen atoms in total. The number of likely N-dealkylation sites (tertiary alicyclic amines) is 1. The van der Waals surface area contributed by atoms with Crippen molar-refractivity contribution < 1.29 is 14.3 Å². The van der Waals surface area contributed by atoms with Gasteiger partial charge in [-0.3, -0.25) is 4.98 Å². The lowest BCUT2D eigenvalue weighted by atomic mass is 9.92. The molecular weight excluding hydrogens is 378 g/mol. The highest BCUT2D eigenvalue weighted by molar-refractivity contribution is 6.30.